The molecule has 5 nitrogen and oxygen atoms in total. The van der Waals surface area contributed by atoms with E-state index in [-0.39, 0.29) is 6.04 Å². The Balaban J connectivity index is 1.99. The summed E-state index contributed by atoms with van der Waals surface area (Å²) in [5.74, 6) is 0. The van der Waals surface area contributed by atoms with E-state index in [4.69, 9.17) is 0 Å². The zero-order valence-corrected chi connectivity index (χ0v) is 13.6. The van der Waals surface area contributed by atoms with Crippen LogP contribution in [0.5, 0.6) is 0 Å². The van der Waals surface area contributed by atoms with E-state index < -0.39 is 10.0 Å². The second kappa shape index (κ2) is 7.35. The zero-order chi connectivity index (χ0) is 15.3. The Labute approximate surface area is 127 Å². The molecule has 2 rings (SSSR count). The van der Waals surface area contributed by atoms with Gasteiger partial charge in [0.05, 0.1) is 4.90 Å². The fourth-order valence-corrected chi connectivity index (χ4v) is 3.84. The quantitative estimate of drug-likeness (QED) is 0.793. The van der Waals surface area contributed by atoms with Gasteiger partial charge in [0.1, 0.15) is 0 Å². The highest BCUT2D eigenvalue weighted by Gasteiger charge is 2.21. The van der Waals surface area contributed by atoms with Gasteiger partial charge in [-0.05, 0) is 57.6 Å². The second-order valence-electron chi connectivity index (χ2n) is 5.62. The minimum absolute atomic E-state index is 0.239. The molecule has 0 saturated carbocycles. The Morgan fingerprint density at radius 2 is 2.00 bits per heavy atom. The molecule has 0 bridgehead atoms. The van der Waals surface area contributed by atoms with Crippen molar-refractivity contribution in [3.8, 4) is 0 Å². The van der Waals surface area contributed by atoms with E-state index in [0.717, 1.165) is 18.7 Å². The molecular weight excluding hydrogens is 286 g/mol. The van der Waals surface area contributed by atoms with Crippen molar-refractivity contribution in [2.45, 2.75) is 37.2 Å². The molecule has 6 heteroatoms. The average molecular weight is 311 g/mol. The van der Waals surface area contributed by atoms with Crippen molar-refractivity contribution in [1.82, 2.24) is 14.9 Å². The standard InChI is InChI=1S/C15H25N3O2S/c1-13(18-8-3-4-9-18)11-17-21(19,20)15-7-5-6-14(10-15)12-16-2/h5-7,10,13,16-17H,3-4,8-9,11-12H2,1-2H3. The maximum atomic E-state index is 12.4. The number of sulfonamides is 1. The van der Waals surface area contributed by atoms with Crippen LogP contribution >= 0.6 is 0 Å². The molecule has 1 heterocycles. The van der Waals surface area contributed by atoms with Crippen LogP contribution in [-0.4, -0.2) is 46.0 Å². The molecule has 1 saturated heterocycles. The van der Waals surface area contributed by atoms with Gasteiger partial charge in [-0.1, -0.05) is 12.1 Å². The normalized spacial score (nSPS) is 18.0. The molecule has 21 heavy (non-hydrogen) atoms. The summed E-state index contributed by atoms with van der Waals surface area (Å²) in [6, 6.07) is 7.30. The lowest BCUT2D eigenvalue weighted by Crippen LogP contribution is -2.40. The van der Waals surface area contributed by atoms with Crippen LogP contribution in [0.4, 0.5) is 0 Å². The molecule has 1 fully saturated rings. The van der Waals surface area contributed by atoms with Crippen LogP contribution in [0.1, 0.15) is 25.3 Å². The van der Waals surface area contributed by atoms with Gasteiger partial charge in [-0.25, -0.2) is 13.1 Å². The van der Waals surface area contributed by atoms with Gasteiger partial charge in [-0.3, -0.25) is 4.90 Å². The van der Waals surface area contributed by atoms with Crippen molar-refractivity contribution in [1.29, 1.82) is 0 Å². The van der Waals surface area contributed by atoms with Gasteiger partial charge in [-0.2, -0.15) is 0 Å². The number of likely N-dealkylation sites (tertiary alicyclic amines) is 1. The van der Waals surface area contributed by atoms with Crippen molar-refractivity contribution in [2.75, 3.05) is 26.7 Å². The Morgan fingerprint density at radius 3 is 2.67 bits per heavy atom. The molecule has 1 unspecified atom stereocenters. The fraction of sp³-hybridized carbons (Fsp3) is 0.600. The van der Waals surface area contributed by atoms with E-state index in [1.165, 1.54) is 12.8 Å². The second-order valence-corrected chi connectivity index (χ2v) is 7.39. The molecular formula is C15H25N3O2S. The van der Waals surface area contributed by atoms with Crippen LogP contribution in [0.2, 0.25) is 0 Å². The molecule has 2 N–H and O–H groups in total. The molecule has 1 atom stereocenters. The molecule has 0 amide bonds. The molecule has 0 spiro atoms. The van der Waals surface area contributed by atoms with E-state index >= 15 is 0 Å². The Bertz CT molecular complexity index is 554. The molecule has 1 aromatic rings. The summed E-state index contributed by atoms with van der Waals surface area (Å²) in [5, 5.41) is 3.03. The lowest BCUT2D eigenvalue weighted by molar-refractivity contribution is 0.260. The SMILES string of the molecule is CNCc1cccc(S(=O)(=O)NCC(C)N2CCCC2)c1. The maximum Gasteiger partial charge on any atom is 0.240 e. The number of hydrogen-bond acceptors (Lipinski definition) is 4. The van der Waals surface area contributed by atoms with E-state index in [9.17, 15) is 8.42 Å². The Morgan fingerprint density at radius 1 is 1.29 bits per heavy atom. The van der Waals surface area contributed by atoms with Crippen molar-refractivity contribution in [3.63, 3.8) is 0 Å². The summed E-state index contributed by atoms with van der Waals surface area (Å²) in [6.07, 6.45) is 2.42. The third-order valence-electron chi connectivity index (χ3n) is 3.92. The first-order chi connectivity index (χ1) is 10.0. The Kier molecular flexibility index (Phi) is 5.75. The predicted molar refractivity (Wildman–Crippen MR) is 84.7 cm³/mol. The molecule has 1 aliphatic heterocycles. The largest absolute Gasteiger partial charge is 0.316 e. The molecule has 0 radical (unpaired) electrons. The lowest BCUT2D eigenvalue weighted by Gasteiger charge is -2.23. The van der Waals surface area contributed by atoms with Gasteiger partial charge in [0.2, 0.25) is 10.0 Å². The van der Waals surface area contributed by atoms with E-state index in [0.29, 0.717) is 18.0 Å². The summed E-state index contributed by atoms with van der Waals surface area (Å²) >= 11 is 0. The molecule has 0 aliphatic carbocycles. The van der Waals surface area contributed by atoms with Crippen molar-refractivity contribution < 1.29 is 8.42 Å². The summed E-state index contributed by atoms with van der Waals surface area (Å²) in [5.41, 5.74) is 0.966. The average Bonchev–Trinajstić information content (AvgIpc) is 3.00. The number of benzene rings is 1. The maximum absolute atomic E-state index is 12.4. The van der Waals surface area contributed by atoms with Gasteiger partial charge >= 0.3 is 0 Å². The van der Waals surface area contributed by atoms with Crippen LogP contribution < -0.4 is 10.0 Å². The lowest BCUT2D eigenvalue weighted by atomic mass is 10.2. The minimum atomic E-state index is -3.43. The van der Waals surface area contributed by atoms with Crippen molar-refractivity contribution in [3.05, 3.63) is 29.8 Å². The highest BCUT2D eigenvalue weighted by Crippen LogP contribution is 2.14. The van der Waals surface area contributed by atoms with Crippen molar-refractivity contribution >= 4 is 10.0 Å². The summed E-state index contributed by atoms with van der Waals surface area (Å²) in [7, 11) is -1.59. The third kappa shape index (κ3) is 4.51. The highest BCUT2D eigenvalue weighted by atomic mass is 32.2. The summed E-state index contributed by atoms with van der Waals surface area (Å²) in [4.78, 5) is 2.67. The smallest absolute Gasteiger partial charge is 0.240 e. The number of hydrogen-bond donors (Lipinski definition) is 2. The van der Waals surface area contributed by atoms with Crippen LogP contribution in [0.15, 0.2) is 29.2 Å². The van der Waals surface area contributed by atoms with Crippen LogP contribution in [0.3, 0.4) is 0 Å². The van der Waals surface area contributed by atoms with Gasteiger partial charge < -0.3 is 5.32 Å². The number of nitrogens with zero attached hydrogens (tertiary/aromatic N) is 1. The first-order valence-corrected chi connectivity index (χ1v) is 8.98. The van der Waals surface area contributed by atoms with Gasteiger partial charge in [0.25, 0.3) is 0 Å². The molecule has 1 aromatic carbocycles. The highest BCUT2D eigenvalue weighted by molar-refractivity contribution is 7.89. The van der Waals surface area contributed by atoms with Crippen LogP contribution in [-0.2, 0) is 16.6 Å². The fourth-order valence-electron chi connectivity index (χ4n) is 2.65. The Hall–Kier alpha value is -0.950. The van der Waals surface area contributed by atoms with E-state index in [1.807, 2.05) is 13.1 Å². The summed E-state index contributed by atoms with van der Waals surface area (Å²) < 4.78 is 27.4. The summed E-state index contributed by atoms with van der Waals surface area (Å²) in [6.45, 7) is 5.33. The van der Waals surface area contributed by atoms with Gasteiger partial charge in [-0.15, -0.1) is 0 Å². The third-order valence-corrected chi connectivity index (χ3v) is 5.34. The van der Waals surface area contributed by atoms with Gasteiger partial charge in [0, 0.05) is 19.1 Å². The minimum Gasteiger partial charge on any atom is -0.316 e. The van der Waals surface area contributed by atoms with E-state index in [2.05, 4.69) is 21.9 Å². The molecule has 118 valence electrons. The number of rotatable bonds is 7. The first kappa shape index (κ1) is 16.4. The molecule has 0 aromatic heterocycles. The zero-order valence-electron chi connectivity index (χ0n) is 12.8. The molecule has 1 aliphatic rings. The monoisotopic (exact) mass is 311 g/mol. The number of nitrogens with one attached hydrogen (secondary N) is 2. The first-order valence-electron chi connectivity index (χ1n) is 7.50. The van der Waals surface area contributed by atoms with Crippen LogP contribution in [0.25, 0.3) is 0 Å². The van der Waals surface area contributed by atoms with Crippen molar-refractivity contribution in [2.24, 2.45) is 0 Å². The van der Waals surface area contributed by atoms with Gasteiger partial charge in [0.15, 0.2) is 0 Å². The topological polar surface area (TPSA) is 61.4 Å². The van der Waals surface area contributed by atoms with Crippen LogP contribution in [0, 0.1) is 0 Å². The predicted octanol–water partition coefficient (Wildman–Crippen LogP) is 1.17. The van der Waals surface area contributed by atoms with E-state index in [1.54, 1.807) is 18.2 Å².